The van der Waals surface area contributed by atoms with Crippen LogP contribution in [0.1, 0.15) is 17.3 Å². The van der Waals surface area contributed by atoms with Crippen LogP contribution in [0, 0.1) is 0 Å². The van der Waals surface area contributed by atoms with Crippen LogP contribution < -0.4 is 4.90 Å². The molecule has 2 aromatic rings. The molecule has 1 fully saturated rings. The third-order valence-electron chi connectivity index (χ3n) is 5.24. The summed E-state index contributed by atoms with van der Waals surface area (Å²) in [6.07, 6.45) is 0. The number of esters is 1. The van der Waals surface area contributed by atoms with Gasteiger partial charge in [-0.1, -0.05) is 15.9 Å². The Labute approximate surface area is 180 Å². The van der Waals surface area contributed by atoms with Gasteiger partial charge >= 0.3 is 5.97 Å². The number of ether oxygens (including phenoxy) is 1. The van der Waals surface area contributed by atoms with E-state index in [4.69, 9.17) is 4.74 Å². The number of carbonyl (C=O) groups is 1. The molecule has 0 aliphatic carbocycles. The van der Waals surface area contributed by atoms with E-state index >= 15 is 0 Å². The van der Waals surface area contributed by atoms with Crippen LogP contribution in [0.15, 0.2) is 57.9 Å². The van der Waals surface area contributed by atoms with Gasteiger partial charge in [-0.3, -0.25) is 4.90 Å². The van der Waals surface area contributed by atoms with E-state index in [2.05, 4.69) is 32.7 Å². The van der Waals surface area contributed by atoms with Gasteiger partial charge in [0.25, 0.3) is 0 Å². The molecule has 1 atom stereocenters. The molecular weight excluding hydrogens is 456 g/mol. The monoisotopic (exact) mass is 480 g/mol. The second-order valence-electron chi connectivity index (χ2n) is 7.14. The number of sulfone groups is 1. The summed E-state index contributed by atoms with van der Waals surface area (Å²) in [5, 5.41) is 0. The standard InChI is InChI=1S/C21H25BrN2O4S/c1-16-15-24(19-7-3-17(4-8-19)21(25)28-2)12-11-23(16)13-14-29(26,27)20-9-5-18(22)6-10-20/h3-10,16H,11-15H2,1-2H3. The summed E-state index contributed by atoms with van der Waals surface area (Å²) >= 11 is 3.33. The van der Waals surface area contributed by atoms with Crippen molar-refractivity contribution in [3.05, 3.63) is 58.6 Å². The summed E-state index contributed by atoms with van der Waals surface area (Å²) in [6.45, 7) is 5.02. The van der Waals surface area contributed by atoms with Gasteiger partial charge in [-0.25, -0.2) is 13.2 Å². The molecule has 0 bridgehead atoms. The van der Waals surface area contributed by atoms with E-state index in [-0.39, 0.29) is 17.8 Å². The van der Waals surface area contributed by atoms with Gasteiger partial charge in [-0.15, -0.1) is 0 Å². The van der Waals surface area contributed by atoms with Gasteiger partial charge in [0.15, 0.2) is 9.84 Å². The van der Waals surface area contributed by atoms with Crippen LogP contribution in [0.5, 0.6) is 0 Å². The van der Waals surface area contributed by atoms with Gasteiger partial charge in [0.2, 0.25) is 0 Å². The van der Waals surface area contributed by atoms with E-state index in [1.165, 1.54) is 7.11 Å². The average molecular weight is 481 g/mol. The second-order valence-corrected chi connectivity index (χ2v) is 10.2. The molecule has 0 N–H and O–H groups in total. The van der Waals surface area contributed by atoms with Crippen molar-refractivity contribution in [3.8, 4) is 0 Å². The van der Waals surface area contributed by atoms with Gasteiger partial charge in [-0.05, 0) is 55.5 Å². The molecule has 3 rings (SSSR count). The number of methoxy groups -OCH3 is 1. The fourth-order valence-corrected chi connectivity index (χ4v) is 5.01. The zero-order valence-electron chi connectivity index (χ0n) is 16.5. The second kappa shape index (κ2) is 9.28. The maximum absolute atomic E-state index is 12.6. The van der Waals surface area contributed by atoms with Crippen molar-refractivity contribution in [3.63, 3.8) is 0 Å². The molecule has 6 nitrogen and oxygen atoms in total. The lowest BCUT2D eigenvalue weighted by Gasteiger charge is -2.41. The quantitative estimate of drug-likeness (QED) is 0.591. The van der Waals surface area contributed by atoms with Crippen molar-refractivity contribution < 1.29 is 17.9 Å². The zero-order chi connectivity index (χ0) is 21.0. The highest BCUT2D eigenvalue weighted by molar-refractivity contribution is 9.10. The summed E-state index contributed by atoms with van der Waals surface area (Å²) in [4.78, 5) is 16.4. The molecule has 1 heterocycles. The third kappa shape index (κ3) is 5.38. The van der Waals surface area contributed by atoms with E-state index in [1.807, 2.05) is 12.1 Å². The highest BCUT2D eigenvalue weighted by Crippen LogP contribution is 2.21. The molecule has 0 aromatic heterocycles. The van der Waals surface area contributed by atoms with Gasteiger partial charge in [-0.2, -0.15) is 0 Å². The average Bonchev–Trinajstić information content (AvgIpc) is 2.72. The lowest BCUT2D eigenvalue weighted by atomic mass is 10.1. The van der Waals surface area contributed by atoms with E-state index in [0.29, 0.717) is 17.0 Å². The van der Waals surface area contributed by atoms with Crippen molar-refractivity contribution in [1.29, 1.82) is 0 Å². The molecule has 1 saturated heterocycles. The van der Waals surface area contributed by atoms with Gasteiger partial charge < -0.3 is 9.64 Å². The highest BCUT2D eigenvalue weighted by Gasteiger charge is 2.26. The van der Waals surface area contributed by atoms with E-state index in [0.717, 1.165) is 29.8 Å². The molecule has 2 aromatic carbocycles. The van der Waals surface area contributed by atoms with Crippen LogP contribution in [-0.4, -0.2) is 64.4 Å². The fourth-order valence-electron chi connectivity index (χ4n) is 3.49. The number of carbonyl (C=O) groups excluding carboxylic acids is 1. The molecule has 0 radical (unpaired) electrons. The normalized spacial score (nSPS) is 17.9. The summed E-state index contributed by atoms with van der Waals surface area (Å²) in [6, 6.07) is 14.4. The van der Waals surface area contributed by atoms with Crippen molar-refractivity contribution in [2.75, 3.05) is 43.9 Å². The largest absolute Gasteiger partial charge is 0.465 e. The summed E-state index contributed by atoms with van der Waals surface area (Å²) in [7, 11) is -1.93. The molecule has 0 amide bonds. The minimum Gasteiger partial charge on any atom is -0.465 e. The Hall–Kier alpha value is -1.90. The number of hydrogen-bond donors (Lipinski definition) is 0. The Bertz CT molecular complexity index is 946. The maximum Gasteiger partial charge on any atom is 0.337 e. The van der Waals surface area contributed by atoms with Crippen LogP contribution in [0.25, 0.3) is 0 Å². The van der Waals surface area contributed by atoms with Crippen LogP contribution in [0.4, 0.5) is 5.69 Å². The van der Waals surface area contributed by atoms with Crippen LogP contribution in [-0.2, 0) is 14.6 Å². The van der Waals surface area contributed by atoms with Crippen molar-refractivity contribution >= 4 is 37.4 Å². The van der Waals surface area contributed by atoms with Crippen molar-refractivity contribution in [1.82, 2.24) is 4.90 Å². The van der Waals surface area contributed by atoms with Gasteiger partial charge in [0.05, 0.1) is 23.3 Å². The molecule has 1 aliphatic heterocycles. The number of benzene rings is 2. The van der Waals surface area contributed by atoms with Gasteiger partial charge in [0, 0.05) is 42.4 Å². The topological polar surface area (TPSA) is 66.9 Å². The summed E-state index contributed by atoms with van der Waals surface area (Å²) in [5.41, 5.74) is 1.58. The fraction of sp³-hybridized carbons (Fsp3) is 0.381. The van der Waals surface area contributed by atoms with E-state index < -0.39 is 9.84 Å². The van der Waals surface area contributed by atoms with Crippen LogP contribution >= 0.6 is 15.9 Å². The molecule has 156 valence electrons. The Morgan fingerprint density at radius 2 is 1.76 bits per heavy atom. The number of anilines is 1. The van der Waals surface area contributed by atoms with Crippen molar-refractivity contribution in [2.24, 2.45) is 0 Å². The van der Waals surface area contributed by atoms with Crippen LogP contribution in [0.2, 0.25) is 0 Å². The SMILES string of the molecule is COC(=O)c1ccc(N2CCN(CCS(=O)(=O)c3ccc(Br)cc3)C(C)C2)cc1. The number of halogens is 1. The minimum atomic E-state index is -3.30. The van der Waals surface area contributed by atoms with Gasteiger partial charge in [0.1, 0.15) is 0 Å². The highest BCUT2D eigenvalue weighted by atomic mass is 79.9. The number of piperazine rings is 1. The molecule has 0 spiro atoms. The molecule has 1 unspecified atom stereocenters. The predicted octanol–water partition coefficient (Wildman–Crippen LogP) is 3.22. The van der Waals surface area contributed by atoms with Crippen LogP contribution in [0.3, 0.4) is 0 Å². The smallest absolute Gasteiger partial charge is 0.337 e. The Kier molecular flexibility index (Phi) is 6.97. The van der Waals surface area contributed by atoms with E-state index in [9.17, 15) is 13.2 Å². The molecular formula is C21H25BrN2O4S. The minimum absolute atomic E-state index is 0.104. The Balaban J connectivity index is 1.57. The molecule has 8 heteroatoms. The lowest BCUT2D eigenvalue weighted by Crippen LogP contribution is -2.53. The molecule has 1 aliphatic rings. The zero-order valence-corrected chi connectivity index (χ0v) is 18.9. The van der Waals surface area contributed by atoms with E-state index in [1.54, 1.807) is 36.4 Å². The first kappa shape index (κ1) is 21.8. The van der Waals surface area contributed by atoms with Crippen molar-refractivity contribution in [2.45, 2.75) is 17.9 Å². The first-order valence-electron chi connectivity index (χ1n) is 9.46. The first-order chi connectivity index (χ1) is 13.8. The maximum atomic E-state index is 12.6. The molecule has 0 saturated carbocycles. The summed E-state index contributed by atoms with van der Waals surface area (Å²) in [5.74, 6) is -0.242. The Morgan fingerprint density at radius 1 is 1.10 bits per heavy atom. The number of rotatable bonds is 6. The Morgan fingerprint density at radius 3 is 2.34 bits per heavy atom. The molecule has 29 heavy (non-hydrogen) atoms. The predicted molar refractivity (Wildman–Crippen MR) is 117 cm³/mol. The summed E-state index contributed by atoms with van der Waals surface area (Å²) < 4.78 is 30.8. The number of nitrogens with zero attached hydrogens (tertiary/aromatic N) is 2. The lowest BCUT2D eigenvalue weighted by molar-refractivity contribution is 0.0600. The number of hydrogen-bond acceptors (Lipinski definition) is 6. The first-order valence-corrected chi connectivity index (χ1v) is 11.9. The third-order valence-corrected chi connectivity index (χ3v) is 7.48.